The predicted molar refractivity (Wildman–Crippen MR) is 45.6 cm³/mol. The number of rotatable bonds is 4. The van der Waals surface area contributed by atoms with Crippen LogP contribution >= 0.6 is 0 Å². The van der Waals surface area contributed by atoms with E-state index in [4.69, 9.17) is 5.73 Å². The molecule has 11 heavy (non-hydrogen) atoms. The van der Waals surface area contributed by atoms with Crippen LogP contribution in [-0.2, 0) is 15.6 Å². The van der Waals surface area contributed by atoms with Crippen LogP contribution < -0.4 is 11.1 Å². The number of nitrogens with one attached hydrogen (secondary N) is 1. The van der Waals surface area contributed by atoms with E-state index in [2.05, 4.69) is 5.32 Å². The minimum Gasteiger partial charge on any atom is -0.358 e. The quantitative estimate of drug-likeness (QED) is 0.569. The maximum atomic E-state index is 11.1. The van der Waals surface area contributed by atoms with Crippen LogP contribution in [0.5, 0.6) is 0 Å². The average Bonchev–Trinajstić information content (AvgIpc) is 2.02. The van der Waals surface area contributed by atoms with Crippen molar-refractivity contribution in [2.45, 2.75) is 12.2 Å². The van der Waals surface area contributed by atoms with Crippen molar-refractivity contribution in [3.8, 4) is 0 Å². The Kier molecular flexibility index (Phi) is 5.06. The molecule has 66 valence electrons. The van der Waals surface area contributed by atoms with Gasteiger partial charge in [-0.15, -0.1) is 0 Å². The molecule has 0 aromatic heterocycles. The third kappa shape index (κ3) is 3.48. The molecule has 0 aliphatic heterocycles. The normalized spacial score (nSPS) is 15.5. The van der Waals surface area contributed by atoms with Crippen molar-refractivity contribution in [2.75, 3.05) is 19.3 Å². The Labute approximate surface area is 69.0 Å². The second kappa shape index (κ2) is 5.26. The first-order chi connectivity index (χ1) is 5.13. The van der Waals surface area contributed by atoms with Gasteiger partial charge in [0.2, 0.25) is 5.91 Å². The van der Waals surface area contributed by atoms with Crippen molar-refractivity contribution in [1.82, 2.24) is 5.32 Å². The van der Waals surface area contributed by atoms with Crippen molar-refractivity contribution in [1.29, 1.82) is 0 Å². The molecule has 0 fully saturated rings. The minimum atomic E-state index is -1.13. The zero-order valence-electron chi connectivity index (χ0n) is 6.79. The fraction of sp³-hybridized carbons (Fsp3) is 0.833. The Morgan fingerprint density at radius 3 is 2.64 bits per heavy atom. The number of nitrogens with two attached hydrogens (primary N) is 1. The van der Waals surface area contributed by atoms with Crippen molar-refractivity contribution in [3.05, 3.63) is 0 Å². The first-order valence-electron chi connectivity index (χ1n) is 3.42. The Morgan fingerprint density at radius 1 is 1.73 bits per heavy atom. The van der Waals surface area contributed by atoms with E-state index in [1.807, 2.05) is 0 Å². The summed E-state index contributed by atoms with van der Waals surface area (Å²) >= 11 is 0. The van der Waals surface area contributed by atoms with Crippen LogP contribution in [0, 0.1) is 0 Å². The summed E-state index contributed by atoms with van der Waals surface area (Å²) in [5.74, 6) is 0.186. The van der Waals surface area contributed by atoms with E-state index in [1.54, 1.807) is 6.92 Å². The highest BCUT2D eigenvalue weighted by molar-refractivity contribution is 7.86. The molecule has 0 saturated heterocycles. The van der Waals surface area contributed by atoms with Gasteiger partial charge in [0.05, 0.1) is 0 Å². The molecular weight excluding hydrogens is 164 g/mol. The average molecular weight is 178 g/mol. The third-order valence-corrected chi connectivity index (χ3v) is 2.97. The van der Waals surface area contributed by atoms with Gasteiger partial charge in [0.1, 0.15) is 5.25 Å². The van der Waals surface area contributed by atoms with Gasteiger partial charge in [-0.1, -0.05) is 0 Å². The third-order valence-electron chi connectivity index (χ3n) is 1.33. The molecule has 0 heterocycles. The van der Waals surface area contributed by atoms with E-state index in [1.165, 1.54) is 7.05 Å². The van der Waals surface area contributed by atoms with Crippen LogP contribution in [0.1, 0.15) is 6.92 Å². The number of carbonyl (C=O) groups excluding carboxylic acids is 1. The lowest BCUT2D eigenvalue weighted by molar-refractivity contribution is -0.119. The van der Waals surface area contributed by atoms with Gasteiger partial charge in [-0.3, -0.25) is 9.00 Å². The number of amides is 1. The molecule has 2 atom stereocenters. The number of hydrogen-bond acceptors (Lipinski definition) is 3. The zero-order valence-corrected chi connectivity index (χ0v) is 7.61. The van der Waals surface area contributed by atoms with Crippen LogP contribution in [0.2, 0.25) is 0 Å². The largest absolute Gasteiger partial charge is 0.358 e. The van der Waals surface area contributed by atoms with Gasteiger partial charge in [0, 0.05) is 30.1 Å². The lowest BCUT2D eigenvalue weighted by atomic mass is 10.4. The summed E-state index contributed by atoms with van der Waals surface area (Å²) in [5.41, 5.74) is 5.18. The van der Waals surface area contributed by atoms with Gasteiger partial charge in [-0.25, -0.2) is 0 Å². The Morgan fingerprint density at radius 2 is 2.27 bits per heavy atom. The van der Waals surface area contributed by atoms with Gasteiger partial charge in [-0.05, 0) is 6.92 Å². The zero-order chi connectivity index (χ0) is 8.85. The summed E-state index contributed by atoms with van der Waals surface area (Å²) in [6, 6.07) is 0. The molecular formula is C6H14N2O2S. The van der Waals surface area contributed by atoms with Crippen molar-refractivity contribution in [2.24, 2.45) is 5.73 Å². The minimum absolute atomic E-state index is 0.197. The fourth-order valence-electron chi connectivity index (χ4n) is 0.616. The van der Waals surface area contributed by atoms with Crippen molar-refractivity contribution < 1.29 is 9.00 Å². The highest BCUT2D eigenvalue weighted by Crippen LogP contribution is 1.94. The van der Waals surface area contributed by atoms with Gasteiger partial charge in [0.15, 0.2) is 0 Å². The smallest absolute Gasteiger partial charge is 0.235 e. The van der Waals surface area contributed by atoms with Crippen LogP contribution in [0.25, 0.3) is 0 Å². The second-order valence-corrected chi connectivity index (χ2v) is 4.01. The molecule has 0 spiro atoms. The molecule has 0 aliphatic rings. The highest BCUT2D eigenvalue weighted by Gasteiger charge is 2.16. The van der Waals surface area contributed by atoms with E-state index in [9.17, 15) is 9.00 Å². The summed E-state index contributed by atoms with van der Waals surface area (Å²) in [4.78, 5) is 10.9. The van der Waals surface area contributed by atoms with Crippen LogP contribution in [-0.4, -0.2) is 34.7 Å². The predicted octanol–water partition coefficient (Wildman–Crippen LogP) is -1.17. The van der Waals surface area contributed by atoms with Crippen LogP contribution in [0.4, 0.5) is 0 Å². The van der Waals surface area contributed by atoms with Gasteiger partial charge in [-0.2, -0.15) is 0 Å². The van der Waals surface area contributed by atoms with Gasteiger partial charge < -0.3 is 11.1 Å². The van der Waals surface area contributed by atoms with Gasteiger partial charge >= 0.3 is 0 Å². The lowest BCUT2D eigenvalue weighted by Crippen LogP contribution is -2.34. The Hall–Kier alpha value is -0.420. The lowest BCUT2D eigenvalue weighted by Gasteiger charge is -2.07. The maximum absolute atomic E-state index is 11.1. The monoisotopic (exact) mass is 178 g/mol. The summed E-state index contributed by atoms with van der Waals surface area (Å²) in [6.07, 6.45) is 0. The molecule has 1 amide bonds. The molecule has 0 rings (SSSR count). The fourth-order valence-corrected chi connectivity index (χ4v) is 1.56. The van der Waals surface area contributed by atoms with Crippen molar-refractivity contribution in [3.63, 3.8) is 0 Å². The summed E-state index contributed by atoms with van der Waals surface area (Å²) in [7, 11) is 0.394. The summed E-state index contributed by atoms with van der Waals surface area (Å²) < 4.78 is 11.1. The Balaban J connectivity index is 3.91. The molecule has 0 saturated carbocycles. The standard InChI is InChI=1S/C6H14N2O2S/c1-5(6(9)8-2)11(10)4-3-7/h5H,3-4,7H2,1-2H3,(H,8,9). The van der Waals surface area contributed by atoms with E-state index >= 15 is 0 Å². The molecule has 0 aliphatic carbocycles. The molecule has 0 aromatic rings. The topological polar surface area (TPSA) is 72.2 Å². The van der Waals surface area contributed by atoms with E-state index < -0.39 is 16.0 Å². The molecule has 0 bridgehead atoms. The first kappa shape index (κ1) is 10.6. The van der Waals surface area contributed by atoms with E-state index in [0.717, 1.165) is 0 Å². The van der Waals surface area contributed by atoms with Gasteiger partial charge in [0.25, 0.3) is 0 Å². The molecule has 3 N–H and O–H groups in total. The van der Waals surface area contributed by atoms with Crippen molar-refractivity contribution >= 4 is 16.7 Å². The molecule has 5 heteroatoms. The molecule has 2 unspecified atom stereocenters. The SMILES string of the molecule is CNC(=O)C(C)S(=O)CCN. The molecule has 0 aromatic carbocycles. The van der Waals surface area contributed by atoms with Crippen LogP contribution in [0.15, 0.2) is 0 Å². The number of hydrogen-bond donors (Lipinski definition) is 2. The summed E-state index contributed by atoms with van der Waals surface area (Å²) in [6.45, 7) is 1.98. The van der Waals surface area contributed by atoms with Crippen LogP contribution in [0.3, 0.4) is 0 Å². The van der Waals surface area contributed by atoms with E-state index in [-0.39, 0.29) is 5.91 Å². The maximum Gasteiger partial charge on any atom is 0.235 e. The molecule has 0 radical (unpaired) electrons. The summed E-state index contributed by atoms with van der Waals surface area (Å²) in [5, 5.41) is 1.98. The second-order valence-electron chi connectivity index (χ2n) is 2.13. The Bertz CT molecular complexity index is 161. The highest BCUT2D eigenvalue weighted by atomic mass is 32.2. The molecule has 4 nitrogen and oxygen atoms in total. The van der Waals surface area contributed by atoms with E-state index in [0.29, 0.717) is 12.3 Å². The first-order valence-corrected chi connectivity index (χ1v) is 4.80. The number of carbonyl (C=O) groups is 1.